The van der Waals surface area contributed by atoms with Gasteiger partial charge in [-0.3, -0.25) is 14.4 Å². The third kappa shape index (κ3) is 3.98. The summed E-state index contributed by atoms with van der Waals surface area (Å²) < 4.78 is 16.3. The molecule has 0 unspecified atom stereocenters. The SMILES string of the molecule is COc1cccc2c1C(=O)c1c(O)c3c(c(O)c1C2=O)C[C@@](O)(C(=O)CO[C@H]1C[C@H](N)[C@H](O)[C@H](C)O1)CC3. The van der Waals surface area contributed by atoms with E-state index in [1.165, 1.54) is 25.3 Å². The van der Waals surface area contributed by atoms with Gasteiger partial charge in [-0.1, -0.05) is 12.1 Å². The van der Waals surface area contributed by atoms with Crippen LogP contribution in [-0.2, 0) is 27.1 Å². The van der Waals surface area contributed by atoms with E-state index >= 15 is 0 Å². The van der Waals surface area contributed by atoms with Crippen molar-refractivity contribution >= 4 is 17.3 Å². The molecule has 2 aliphatic carbocycles. The summed E-state index contributed by atoms with van der Waals surface area (Å²) in [6, 6.07) is 3.88. The highest BCUT2D eigenvalue weighted by Crippen LogP contribution is 2.48. The van der Waals surface area contributed by atoms with E-state index in [1.807, 2.05) is 0 Å². The van der Waals surface area contributed by atoms with Crippen LogP contribution in [0.4, 0.5) is 0 Å². The average Bonchev–Trinajstić information content (AvgIpc) is 2.90. The Bertz CT molecular complexity index is 1340. The number of aliphatic hydroxyl groups excluding tert-OH is 1. The molecule has 0 spiro atoms. The molecule has 11 heteroatoms. The molecule has 38 heavy (non-hydrogen) atoms. The van der Waals surface area contributed by atoms with Gasteiger partial charge in [0.25, 0.3) is 0 Å². The van der Waals surface area contributed by atoms with E-state index in [9.17, 15) is 34.8 Å². The van der Waals surface area contributed by atoms with Crippen molar-refractivity contribution in [3.05, 3.63) is 51.6 Å². The Hall–Kier alpha value is -3.35. The number of aromatic hydroxyl groups is 2. The van der Waals surface area contributed by atoms with Crippen molar-refractivity contribution in [1.82, 2.24) is 0 Å². The largest absolute Gasteiger partial charge is 0.507 e. The average molecular weight is 528 g/mol. The van der Waals surface area contributed by atoms with Gasteiger partial charge in [0.1, 0.15) is 29.5 Å². The lowest BCUT2D eigenvalue weighted by Crippen LogP contribution is -2.52. The Morgan fingerprint density at radius 3 is 2.50 bits per heavy atom. The summed E-state index contributed by atoms with van der Waals surface area (Å²) in [6.45, 7) is 1.11. The molecule has 2 aromatic carbocycles. The first-order valence-corrected chi connectivity index (χ1v) is 12.3. The molecular formula is C27H29NO10. The highest BCUT2D eigenvalue weighted by Gasteiger charge is 2.46. The van der Waals surface area contributed by atoms with Crippen LogP contribution < -0.4 is 10.5 Å². The van der Waals surface area contributed by atoms with Gasteiger partial charge in [0, 0.05) is 35.6 Å². The Labute approximate surface area is 217 Å². The predicted octanol–water partition coefficient (Wildman–Crippen LogP) is 0.510. The zero-order chi connectivity index (χ0) is 27.5. The second kappa shape index (κ2) is 9.44. The van der Waals surface area contributed by atoms with E-state index in [2.05, 4.69) is 0 Å². The minimum absolute atomic E-state index is 0.00622. The third-order valence-corrected chi connectivity index (χ3v) is 7.76. The summed E-state index contributed by atoms with van der Waals surface area (Å²) in [4.78, 5) is 39.8. The van der Waals surface area contributed by atoms with E-state index in [-0.39, 0.29) is 58.4 Å². The first kappa shape index (κ1) is 26.3. The molecule has 5 atom stereocenters. The van der Waals surface area contributed by atoms with Gasteiger partial charge in [0.2, 0.25) is 5.78 Å². The first-order valence-electron chi connectivity index (χ1n) is 12.3. The Morgan fingerprint density at radius 1 is 1.13 bits per heavy atom. The van der Waals surface area contributed by atoms with Crippen molar-refractivity contribution in [1.29, 1.82) is 0 Å². The molecule has 1 aliphatic heterocycles. The molecule has 0 aromatic heterocycles. The van der Waals surface area contributed by atoms with Crippen LogP contribution in [0.5, 0.6) is 17.2 Å². The number of nitrogens with two attached hydrogens (primary N) is 1. The summed E-state index contributed by atoms with van der Waals surface area (Å²) in [7, 11) is 1.35. The minimum atomic E-state index is -1.96. The topological polar surface area (TPSA) is 186 Å². The quantitative estimate of drug-likeness (QED) is 0.291. The maximum absolute atomic E-state index is 13.4. The van der Waals surface area contributed by atoms with Crippen LogP contribution in [0.3, 0.4) is 0 Å². The van der Waals surface area contributed by atoms with Gasteiger partial charge in [-0.25, -0.2) is 0 Å². The van der Waals surface area contributed by atoms with E-state index in [0.717, 1.165) is 0 Å². The predicted molar refractivity (Wildman–Crippen MR) is 130 cm³/mol. The van der Waals surface area contributed by atoms with Gasteiger partial charge in [-0.2, -0.15) is 0 Å². The number of carbonyl (C=O) groups excluding carboxylic acids is 3. The number of hydrogen-bond donors (Lipinski definition) is 5. The van der Waals surface area contributed by atoms with Gasteiger partial charge in [-0.05, 0) is 25.8 Å². The highest BCUT2D eigenvalue weighted by molar-refractivity contribution is 6.31. The second-order valence-corrected chi connectivity index (χ2v) is 10.0. The molecule has 1 fully saturated rings. The molecule has 202 valence electrons. The summed E-state index contributed by atoms with van der Waals surface area (Å²) in [5, 5.41) is 43.4. The lowest BCUT2D eigenvalue weighted by molar-refractivity contribution is -0.223. The molecule has 0 radical (unpaired) electrons. The van der Waals surface area contributed by atoms with Crippen LogP contribution in [-0.4, -0.2) is 81.6 Å². The standard InChI is InChI=1S/C27H29NO10/c1-11-22(30)15(28)8-18(38-11)37-10-17(29)27(35)7-6-12-14(9-27)25(33)20-21(23(12)31)26(34)19-13(24(20)32)4-3-5-16(19)36-2/h3-5,11,15,18,22,30-31,33,35H,6-10,28H2,1-2H3/t11-,15-,18+,22+,27+/m0/s1. The lowest BCUT2D eigenvalue weighted by Gasteiger charge is -2.37. The monoisotopic (exact) mass is 527 g/mol. The number of carbonyl (C=O) groups is 3. The molecule has 0 amide bonds. The van der Waals surface area contributed by atoms with Crippen LogP contribution in [0.15, 0.2) is 18.2 Å². The zero-order valence-electron chi connectivity index (χ0n) is 20.9. The van der Waals surface area contributed by atoms with E-state index in [0.29, 0.717) is 0 Å². The molecule has 0 bridgehead atoms. The normalized spacial score (nSPS) is 28.3. The van der Waals surface area contributed by atoms with Crippen molar-refractivity contribution in [3.63, 3.8) is 0 Å². The number of fused-ring (bicyclic) bond motifs is 3. The third-order valence-electron chi connectivity index (χ3n) is 7.76. The molecule has 0 saturated carbocycles. The molecule has 2 aromatic rings. The number of rotatable bonds is 5. The number of Topliss-reactive ketones (excluding diaryl/α,β-unsaturated/α-hetero) is 1. The smallest absolute Gasteiger partial charge is 0.202 e. The molecule has 1 saturated heterocycles. The van der Waals surface area contributed by atoms with Crippen molar-refractivity contribution in [2.75, 3.05) is 13.7 Å². The minimum Gasteiger partial charge on any atom is -0.507 e. The van der Waals surface area contributed by atoms with Gasteiger partial charge < -0.3 is 40.4 Å². The molecule has 1 heterocycles. The lowest BCUT2D eigenvalue weighted by atomic mass is 9.73. The first-order chi connectivity index (χ1) is 18.0. The van der Waals surface area contributed by atoms with Crippen LogP contribution >= 0.6 is 0 Å². The number of aliphatic hydroxyl groups is 2. The van der Waals surface area contributed by atoms with E-state index < -0.39 is 72.0 Å². The van der Waals surface area contributed by atoms with Crippen molar-refractivity contribution in [2.45, 2.75) is 62.7 Å². The number of benzene rings is 2. The number of phenolic OH excluding ortho intramolecular Hbond substituents is 2. The summed E-state index contributed by atoms with van der Waals surface area (Å²) in [5.41, 5.74) is 3.42. The summed E-state index contributed by atoms with van der Waals surface area (Å²) in [6.07, 6.45) is -2.72. The maximum Gasteiger partial charge on any atom is 0.202 e. The number of phenols is 2. The molecular weight excluding hydrogens is 498 g/mol. The molecule has 3 aliphatic rings. The van der Waals surface area contributed by atoms with E-state index in [1.54, 1.807) is 6.92 Å². The van der Waals surface area contributed by atoms with Gasteiger partial charge in [0.15, 0.2) is 17.9 Å². The van der Waals surface area contributed by atoms with Crippen molar-refractivity contribution < 1.29 is 49.0 Å². The fourth-order valence-electron chi connectivity index (χ4n) is 5.56. The van der Waals surface area contributed by atoms with Gasteiger partial charge in [-0.15, -0.1) is 0 Å². The second-order valence-electron chi connectivity index (χ2n) is 10.0. The van der Waals surface area contributed by atoms with Gasteiger partial charge in [0.05, 0.1) is 36.0 Å². The van der Waals surface area contributed by atoms with Crippen LogP contribution in [0, 0.1) is 0 Å². The number of ether oxygens (including phenoxy) is 3. The molecule has 5 rings (SSSR count). The summed E-state index contributed by atoms with van der Waals surface area (Å²) in [5.74, 6) is -2.91. The van der Waals surface area contributed by atoms with Crippen LogP contribution in [0.25, 0.3) is 0 Å². The Kier molecular flexibility index (Phi) is 6.52. The molecule has 11 nitrogen and oxygen atoms in total. The van der Waals surface area contributed by atoms with Crippen LogP contribution in [0.1, 0.15) is 62.7 Å². The summed E-state index contributed by atoms with van der Waals surface area (Å²) >= 11 is 0. The van der Waals surface area contributed by atoms with Crippen LogP contribution in [0.2, 0.25) is 0 Å². The van der Waals surface area contributed by atoms with Gasteiger partial charge >= 0.3 is 0 Å². The number of methoxy groups -OCH3 is 1. The fraction of sp³-hybridized carbons (Fsp3) is 0.444. The Morgan fingerprint density at radius 2 is 1.82 bits per heavy atom. The van der Waals surface area contributed by atoms with Crippen molar-refractivity contribution in [2.24, 2.45) is 5.73 Å². The zero-order valence-corrected chi connectivity index (χ0v) is 20.9. The number of hydrogen-bond acceptors (Lipinski definition) is 11. The Balaban J connectivity index is 1.43. The van der Waals surface area contributed by atoms with Crippen molar-refractivity contribution in [3.8, 4) is 17.2 Å². The number of ketones is 3. The fourth-order valence-corrected chi connectivity index (χ4v) is 5.56. The van der Waals surface area contributed by atoms with E-state index in [4.69, 9.17) is 19.9 Å². The molecule has 6 N–H and O–H groups in total. The maximum atomic E-state index is 13.4. The highest BCUT2D eigenvalue weighted by atomic mass is 16.7.